The zero-order valence-corrected chi connectivity index (χ0v) is 13.0. The summed E-state index contributed by atoms with van der Waals surface area (Å²) in [6, 6.07) is 7.05. The molecular formula is C15H18BFNOS. The minimum absolute atomic E-state index is 0.276. The fourth-order valence-corrected chi connectivity index (χ4v) is 1.60. The first kappa shape index (κ1) is 15.3. The maximum Gasteiger partial charge on any atom is 0.330 e. The largest absolute Gasteiger partial charge is 0.428 e. The lowest BCUT2D eigenvalue weighted by Gasteiger charge is -2.38. The van der Waals surface area contributed by atoms with Gasteiger partial charge in [-0.15, -0.1) is 0 Å². The van der Waals surface area contributed by atoms with Crippen LogP contribution in [0.3, 0.4) is 0 Å². The van der Waals surface area contributed by atoms with Gasteiger partial charge in [0.1, 0.15) is 5.82 Å². The SMILES string of the molecule is CC(C)(S)C(C)(C)O[B]c1ccc2cc(F)cnc2c1. The molecule has 2 nitrogen and oxygen atoms in total. The molecule has 0 aliphatic heterocycles. The first-order valence-corrected chi connectivity index (χ1v) is 6.92. The zero-order valence-electron chi connectivity index (χ0n) is 12.1. The number of benzene rings is 1. The highest BCUT2D eigenvalue weighted by Crippen LogP contribution is 2.30. The maximum absolute atomic E-state index is 13.1. The molecule has 0 amide bonds. The Kier molecular flexibility index (Phi) is 4.12. The number of nitrogens with zero attached hydrogens (tertiary/aromatic N) is 1. The Labute approximate surface area is 125 Å². The van der Waals surface area contributed by atoms with E-state index in [0.29, 0.717) is 0 Å². The molecule has 1 heterocycles. The Morgan fingerprint density at radius 1 is 1.20 bits per heavy atom. The smallest absolute Gasteiger partial charge is 0.330 e. The fourth-order valence-electron chi connectivity index (χ4n) is 1.54. The zero-order chi connectivity index (χ0) is 15.0. The van der Waals surface area contributed by atoms with Crippen LogP contribution in [-0.2, 0) is 4.65 Å². The lowest BCUT2D eigenvalue weighted by Crippen LogP contribution is -2.45. The van der Waals surface area contributed by atoms with Crippen LogP contribution in [0, 0.1) is 5.82 Å². The average Bonchev–Trinajstić information content (AvgIpc) is 2.35. The molecule has 0 aliphatic carbocycles. The lowest BCUT2D eigenvalue weighted by molar-refractivity contribution is 0.0855. The van der Waals surface area contributed by atoms with Gasteiger partial charge in [-0.1, -0.05) is 17.6 Å². The van der Waals surface area contributed by atoms with Crippen molar-refractivity contribution in [3.8, 4) is 0 Å². The van der Waals surface area contributed by atoms with Crippen molar-refractivity contribution in [3.05, 3.63) is 36.3 Å². The Bertz CT molecular complexity index is 625. The van der Waals surface area contributed by atoms with Gasteiger partial charge in [-0.25, -0.2) is 4.39 Å². The standard InChI is InChI=1S/C15H18BFNOS/c1-14(2,15(3,4)20)19-16-11-6-5-10-7-12(17)9-18-13(10)8-11/h5-9,20H,1-4H3. The van der Waals surface area contributed by atoms with E-state index < -0.39 is 5.60 Å². The minimum atomic E-state index is -0.415. The van der Waals surface area contributed by atoms with E-state index in [1.165, 1.54) is 12.3 Å². The molecule has 105 valence electrons. The van der Waals surface area contributed by atoms with E-state index in [1.54, 1.807) is 7.48 Å². The van der Waals surface area contributed by atoms with Gasteiger partial charge in [0.2, 0.25) is 0 Å². The van der Waals surface area contributed by atoms with Crippen LogP contribution in [-0.4, -0.2) is 22.8 Å². The average molecular weight is 290 g/mol. The van der Waals surface area contributed by atoms with Crippen molar-refractivity contribution in [1.82, 2.24) is 4.98 Å². The molecule has 5 heteroatoms. The fraction of sp³-hybridized carbons (Fsp3) is 0.400. The summed E-state index contributed by atoms with van der Waals surface area (Å²) in [6.45, 7) is 8.00. The Morgan fingerprint density at radius 3 is 2.55 bits per heavy atom. The summed E-state index contributed by atoms with van der Waals surface area (Å²) in [5.74, 6) is -0.330. The molecule has 20 heavy (non-hydrogen) atoms. The van der Waals surface area contributed by atoms with Crippen molar-refractivity contribution in [2.24, 2.45) is 0 Å². The lowest BCUT2D eigenvalue weighted by atomic mass is 9.83. The van der Waals surface area contributed by atoms with Crippen LogP contribution < -0.4 is 5.46 Å². The molecule has 1 radical (unpaired) electrons. The molecule has 1 aromatic carbocycles. The van der Waals surface area contributed by atoms with E-state index >= 15 is 0 Å². The van der Waals surface area contributed by atoms with Crippen LogP contribution in [0.2, 0.25) is 0 Å². The molecule has 0 spiro atoms. The third-order valence-corrected chi connectivity index (χ3v) is 4.18. The normalized spacial score (nSPS) is 12.7. The second-order valence-corrected chi connectivity index (χ2v) is 7.03. The molecule has 2 rings (SSSR count). The quantitative estimate of drug-likeness (QED) is 0.690. The number of fused-ring (bicyclic) bond motifs is 1. The van der Waals surface area contributed by atoms with Crippen LogP contribution in [0.15, 0.2) is 30.5 Å². The number of thiol groups is 1. The molecule has 1 aromatic heterocycles. The van der Waals surface area contributed by atoms with Gasteiger partial charge >= 0.3 is 7.48 Å². The van der Waals surface area contributed by atoms with Crippen LogP contribution in [0.1, 0.15) is 27.7 Å². The molecule has 0 saturated heterocycles. The third kappa shape index (κ3) is 3.33. The number of halogens is 1. The van der Waals surface area contributed by atoms with Crippen LogP contribution in [0.25, 0.3) is 10.9 Å². The number of hydrogen-bond acceptors (Lipinski definition) is 3. The van der Waals surface area contributed by atoms with E-state index in [0.717, 1.165) is 16.4 Å². The number of hydrogen-bond donors (Lipinski definition) is 1. The topological polar surface area (TPSA) is 22.1 Å². The van der Waals surface area contributed by atoms with Crippen molar-refractivity contribution in [2.45, 2.75) is 38.0 Å². The Hall–Kier alpha value is -1.07. The number of aromatic nitrogens is 1. The molecule has 2 aromatic rings. The summed E-state index contributed by atoms with van der Waals surface area (Å²) in [7, 11) is 1.70. The van der Waals surface area contributed by atoms with Gasteiger partial charge < -0.3 is 4.65 Å². The van der Waals surface area contributed by atoms with Crippen molar-refractivity contribution in [1.29, 1.82) is 0 Å². The first-order chi connectivity index (χ1) is 9.19. The summed E-state index contributed by atoms with van der Waals surface area (Å²) in [5, 5.41) is 0.774. The predicted molar refractivity (Wildman–Crippen MR) is 85.3 cm³/mol. The number of pyridine rings is 1. The Morgan fingerprint density at radius 2 is 1.90 bits per heavy atom. The van der Waals surface area contributed by atoms with Crippen LogP contribution in [0.4, 0.5) is 4.39 Å². The first-order valence-electron chi connectivity index (χ1n) is 6.48. The highest BCUT2D eigenvalue weighted by molar-refractivity contribution is 7.81. The Balaban J connectivity index is 2.17. The molecule has 0 unspecified atom stereocenters. The molecule has 0 aliphatic rings. The van der Waals surface area contributed by atoms with Crippen molar-refractivity contribution >= 4 is 36.5 Å². The summed E-state index contributed by atoms with van der Waals surface area (Å²) in [5.41, 5.74) is 1.22. The van der Waals surface area contributed by atoms with Gasteiger partial charge in [-0.2, -0.15) is 12.6 Å². The van der Waals surface area contributed by atoms with Crippen molar-refractivity contribution in [3.63, 3.8) is 0 Å². The van der Waals surface area contributed by atoms with Gasteiger partial charge in [-0.05, 0) is 39.8 Å². The highest BCUT2D eigenvalue weighted by Gasteiger charge is 2.34. The summed E-state index contributed by atoms with van der Waals surface area (Å²) in [6.07, 6.45) is 1.22. The third-order valence-electron chi connectivity index (χ3n) is 3.64. The van der Waals surface area contributed by atoms with Crippen LogP contribution in [0.5, 0.6) is 0 Å². The molecule has 0 N–H and O–H groups in total. The van der Waals surface area contributed by atoms with Crippen molar-refractivity contribution in [2.75, 3.05) is 0 Å². The van der Waals surface area contributed by atoms with Gasteiger partial charge in [-0.3, -0.25) is 4.98 Å². The van der Waals surface area contributed by atoms with Gasteiger partial charge in [0.05, 0.1) is 17.3 Å². The van der Waals surface area contributed by atoms with E-state index in [1.807, 2.05) is 45.9 Å². The molecule has 0 bridgehead atoms. The summed E-state index contributed by atoms with van der Waals surface area (Å²) < 4.78 is 18.6. The summed E-state index contributed by atoms with van der Waals surface area (Å²) in [4.78, 5) is 4.07. The maximum atomic E-state index is 13.1. The van der Waals surface area contributed by atoms with Gasteiger partial charge in [0, 0.05) is 10.1 Å². The minimum Gasteiger partial charge on any atom is -0.428 e. The summed E-state index contributed by atoms with van der Waals surface area (Å²) >= 11 is 4.55. The monoisotopic (exact) mass is 290 g/mol. The van der Waals surface area contributed by atoms with E-state index in [9.17, 15) is 4.39 Å². The predicted octanol–water partition coefficient (Wildman–Crippen LogP) is 3.12. The molecule has 0 atom stereocenters. The van der Waals surface area contributed by atoms with Gasteiger partial charge in [0.25, 0.3) is 0 Å². The van der Waals surface area contributed by atoms with E-state index in [4.69, 9.17) is 4.65 Å². The van der Waals surface area contributed by atoms with E-state index in [-0.39, 0.29) is 10.6 Å². The van der Waals surface area contributed by atoms with Gasteiger partial charge in [0.15, 0.2) is 0 Å². The van der Waals surface area contributed by atoms with E-state index in [2.05, 4.69) is 17.6 Å². The number of rotatable bonds is 4. The molecule has 0 fully saturated rings. The highest BCUT2D eigenvalue weighted by atomic mass is 32.1. The van der Waals surface area contributed by atoms with Crippen molar-refractivity contribution < 1.29 is 9.04 Å². The molecular weight excluding hydrogens is 272 g/mol. The second-order valence-electron chi connectivity index (χ2n) is 5.91. The van der Waals surface area contributed by atoms with Crippen LogP contribution >= 0.6 is 12.6 Å². The molecule has 0 saturated carbocycles. The second kappa shape index (κ2) is 5.37.